The number of methoxy groups -OCH3 is 1. The average Bonchev–Trinajstić information content (AvgIpc) is 3.13. The zero-order valence-corrected chi connectivity index (χ0v) is 16.2. The molecule has 2 aliphatic rings. The van der Waals surface area contributed by atoms with E-state index in [0.717, 1.165) is 60.9 Å². The summed E-state index contributed by atoms with van der Waals surface area (Å²) in [6.45, 7) is 6.10. The lowest BCUT2D eigenvalue weighted by molar-refractivity contribution is 0.0176. The highest BCUT2D eigenvalue weighted by Crippen LogP contribution is 2.29. The van der Waals surface area contributed by atoms with Crippen molar-refractivity contribution in [1.82, 2.24) is 14.5 Å². The number of amidine groups is 1. The summed E-state index contributed by atoms with van der Waals surface area (Å²) in [6.07, 6.45) is 9.34. The minimum Gasteiger partial charge on any atom is -0.495 e. The molecule has 6 heteroatoms. The molecule has 0 N–H and O–H groups in total. The van der Waals surface area contributed by atoms with Crippen LogP contribution >= 0.6 is 0 Å². The minimum absolute atomic E-state index is 0.200. The van der Waals surface area contributed by atoms with E-state index in [-0.39, 0.29) is 6.10 Å². The molecule has 0 bridgehead atoms. The molecule has 0 spiro atoms. The number of oxime groups is 1. The summed E-state index contributed by atoms with van der Waals surface area (Å²) >= 11 is 0. The average molecular weight is 366 g/mol. The fourth-order valence-electron chi connectivity index (χ4n) is 3.67. The zero-order valence-electron chi connectivity index (χ0n) is 16.2. The van der Waals surface area contributed by atoms with Gasteiger partial charge in [-0.25, -0.2) is 4.98 Å². The van der Waals surface area contributed by atoms with E-state index >= 15 is 0 Å². The number of imidazole rings is 1. The lowest BCUT2D eigenvalue weighted by Crippen LogP contribution is -2.45. The molecular formula is C21H26N4O2. The maximum Gasteiger partial charge on any atom is 0.171 e. The number of aromatic nitrogens is 2. The first-order valence-corrected chi connectivity index (χ1v) is 9.56. The van der Waals surface area contributed by atoms with Crippen LogP contribution in [0.15, 0.2) is 41.5 Å². The van der Waals surface area contributed by atoms with Crippen LogP contribution in [0.2, 0.25) is 0 Å². The molecule has 6 nitrogen and oxygen atoms in total. The van der Waals surface area contributed by atoms with Gasteiger partial charge in [-0.1, -0.05) is 18.1 Å². The molecule has 4 rings (SSSR count). The monoisotopic (exact) mass is 366 g/mol. The van der Waals surface area contributed by atoms with E-state index in [9.17, 15) is 0 Å². The van der Waals surface area contributed by atoms with Crippen molar-refractivity contribution in [2.75, 3.05) is 20.2 Å². The third kappa shape index (κ3) is 3.56. The van der Waals surface area contributed by atoms with Crippen LogP contribution in [-0.4, -0.2) is 46.6 Å². The van der Waals surface area contributed by atoms with Crippen LogP contribution in [0.25, 0.3) is 11.8 Å². The van der Waals surface area contributed by atoms with E-state index in [1.54, 1.807) is 7.11 Å². The van der Waals surface area contributed by atoms with E-state index in [4.69, 9.17) is 9.57 Å². The lowest BCUT2D eigenvalue weighted by atomic mass is 9.99. The van der Waals surface area contributed by atoms with Crippen LogP contribution in [0.5, 0.6) is 5.75 Å². The van der Waals surface area contributed by atoms with Gasteiger partial charge in [0, 0.05) is 12.7 Å². The van der Waals surface area contributed by atoms with Crippen molar-refractivity contribution < 1.29 is 9.57 Å². The molecule has 1 atom stereocenters. The number of hydrogen-bond donors (Lipinski definition) is 0. The Balaban J connectivity index is 1.64. The zero-order chi connectivity index (χ0) is 18.8. The summed E-state index contributed by atoms with van der Waals surface area (Å²) < 4.78 is 7.61. The normalized spacial score (nSPS) is 20.9. The van der Waals surface area contributed by atoms with Gasteiger partial charge in [0.2, 0.25) is 0 Å². The summed E-state index contributed by atoms with van der Waals surface area (Å²) in [7, 11) is 1.70. The Morgan fingerprint density at radius 2 is 2.26 bits per heavy atom. The van der Waals surface area contributed by atoms with Gasteiger partial charge in [-0.2, -0.15) is 0 Å². The van der Waals surface area contributed by atoms with Gasteiger partial charge in [0.05, 0.1) is 31.4 Å². The van der Waals surface area contributed by atoms with Gasteiger partial charge in [-0.3, -0.25) is 0 Å². The van der Waals surface area contributed by atoms with Crippen LogP contribution in [0.1, 0.15) is 37.4 Å². The minimum atomic E-state index is 0.200. The Morgan fingerprint density at radius 1 is 1.37 bits per heavy atom. The molecule has 0 aliphatic carbocycles. The molecule has 2 aliphatic heterocycles. The Hall–Kier alpha value is -2.76. The lowest BCUT2D eigenvalue weighted by Gasteiger charge is -2.36. The molecule has 142 valence electrons. The maximum absolute atomic E-state index is 5.66. The van der Waals surface area contributed by atoms with E-state index in [0.29, 0.717) is 0 Å². The SMILES string of the molecule is CCC1CN2CCCC(=Cc3ccc(-n4cnc(C)c4)c(OC)c3)C2=NO1. The van der Waals surface area contributed by atoms with E-state index < -0.39 is 0 Å². The number of benzene rings is 1. The maximum atomic E-state index is 5.66. The molecule has 1 fully saturated rings. The van der Waals surface area contributed by atoms with Crippen LogP contribution < -0.4 is 4.74 Å². The quantitative estimate of drug-likeness (QED) is 0.826. The summed E-state index contributed by atoms with van der Waals surface area (Å²) in [6, 6.07) is 6.24. The second-order valence-corrected chi connectivity index (χ2v) is 7.12. The predicted molar refractivity (Wildman–Crippen MR) is 106 cm³/mol. The molecule has 1 unspecified atom stereocenters. The van der Waals surface area contributed by atoms with Crippen LogP contribution in [0.4, 0.5) is 0 Å². The van der Waals surface area contributed by atoms with Gasteiger partial charge < -0.3 is 19.0 Å². The summed E-state index contributed by atoms with van der Waals surface area (Å²) in [5, 5.41) is 4.42. The molecular weight excluding hydrogens is 340 g/mol. The van der Waals surface area contributed by atoms with Gasteiger partial charge >= 0.3 is 0 Å². The number of ether oxygens (including phenoxy) is 1. The van der Waals surface area contributed by atoms with Gasteiger partial charge in [-0.05, 0) is 55.5 Å². The fraction of sp³-hybridized carbons (Fsp3) is 0.429. The number of piperidine rings is 1. The van der Waals surface area contributed by atoms with Crippen LogP contribution in [0.3, 0.4) is 0 Å². The number of nitrogens with zero attached hydrogens (tertiary/aromatic N) is 4. The molecule has 3 heterocycles. The second-order valence-electron chi connectivity index (χ2n) is 7.12. The van der Waals surface area contributed by atoms with Crippen molar-refractivity contribution in [3.8, 4) is 11.4 Å². The highest BCUT2D eigenvalue weighted by Gasteiger charge is 2.28. The van der Waals surface area contributed by atoms with Crippen molar-refractivity contribution >= 4 is 11.9 Å². The van der Waals surface area contributed by atoms with Gasteiger partial charge in [-0.15, -0.1) is 0 Å². The van der Waals surface area contributed by atoms with Gasteiger partial charge in [0.15, 0.2) is 5.84 Å². The van der Waals surface area contributed by atoms with Crippen molar-refractivity contribution in [1.29, 1.82) is 0 Å². The number of rotatable bonds is 4. The molecule has 27 heavy (non-hydrogen) atoms. The first-order valence-electron chi connectivity index (χ1n) is 9.56. The van der Waals surface area contributed by atoms with Crippen LogP contribution in [-0.2, 0) is 4.84 Å². The first-order chi connectivity index (χ1) is 13.2. The fourth-order valence-corrected chi connectivity index (χ4v) is 3.67. The Morgan fingerprint density at radius 3 is 3.00 bits per heavy atom. The smallest absolute Gasteiger partial charge is 0.171 e. The molecule has 1 saturated heterocycles. The van der Waals surface area contributed by atoms with E-state index in [1.807, 2.05) is 24.0 Å². The van der Waals surface area contributed by atoms with Gasteiger partial charge in [0.25, 0.3) is 0 Å². The van der Waals surface area contributed by atoms with Crippen molar-refractivity contribution in [3.63, 3.8) is 0 Å². The summed E-state index contributed by atoms with van der Waals surface area (Å²) in [4.78, 5) is 12.3. The summed E-state index contributed by atoms with van der Waals surface area (Å²) in [5.41, 5.74) is 4.29. The second kappa shape index (κ2) is 7.47. The van der Waals surface area contributed by atoms with Crippen molar-refractivity contribution in [2.24, 2.45) is 5.16 Å². The third-order valence-electron chi connectivity index (χ3n) is 5.16. The van der Waals surface area contributed by atoms with Crippen molar-refractivity contribution in [3.05, 3.63) is 47.6 Å². The predicted octanol–water partition coefficient (Wildman–Crippen LogP) is 3.79. The number of fused-ring (bicyclic) bond motifs is 1. The number of aryl methyl sites for hydroxylation is 1. The largest absolute Gasteiger partial charge is 0.495 e. The first kappa shape index (κ1) is 17.6. The van der Waals surface area contributed by atoms with E-state index in [1.165, 1.54) is 5.57 Å². The molecule has 0 amide bonds. The molecule has 0 saturated carbocycles. The standard InChI is InChI=1S/C21H26N4O2/c1-4-18-13-24-9-5-6-17(21(24)23-27-18)10-16-7-8-19(20(11-16)26-3)25-12-15(2)22-14-25/h7-8,10-12,14,18H,4-6,9,13H2,1-3H3. The van der Waals surface area contributed by atoms with Gasteiger partial charge in [0.1, 0.15) is 11.9 Å². The number of hydrogen-bond acceptors (Lipinski definition) is 5. The Kier molecular flexibility index (Phi) is 4.88. The summed E-state index contributed by atoms with van der Waals surface area (Å²) in [5.74, 6) is 1.81. The highest BCUT2D eigenvalue weighted by atomic mass is 16.6. The van der Waals surface area contributed by atoms with E-state index in [2.05, 4.69) is 46.2 Å². The topological polar surface area (TPSA) is 51.9 Å². The van der Waals surface area contributed by atoms with Crippen LogP contribution in [0, 0.1) is 6.92 Å². The Labute approximate surface area is 160 Å². The molecule has 2 aromatic rings. The Bertz CT molecular complexity index is 884. The molecule has 0 radical (unpaired) electrons. The van der Waals surface area contributed by atoms with Crippen molar-refractivity contribution in [2.45, 2.75) is 39.2 Å². The molecule has 1 aromatic carbocycles. The highest BCUT2D eigenvalue weighted by molar-refractivity contribution is 6.02. The molecule has 1 aromatic heterocycles. The third-order valence-corrected chi connectivity index (χ3v) is 5.16.